The van der Waals surface area contributed by atoms with Gasteiger partial charge in [-0.3, -0.25) is 0 Å². The van der Waals surface area contributed by atoms with E-state index < -0.39 is 0 Å². The minimum absolute atomic E-state index is 0. The Labute approximate surface area is 92.3 Å². The van der Waals surface area contributed by atoms with Crippen LogP contribution >= 0.6 is 23.3 Å². The Morgan fingerprint density at radius 2 is 0.500 bits per heavy atom. The van der Waals surface area contributed by atoms with Crippen LogP contribution in [0, 0.1) is 0 Å². The molecule has 14 N–H and O–H groups in total. The summed E-state index contributed by atoms with van der Waals surface area (Å²) in [7, 11) is 0. The molecule has 0 rings (SSSR count). The second-order valence-corrected chi connectivity index (χ2v) is 0. The molecule has 0 bridgehead atoms. The fraction of sp³-hybridized carbons (Fsp3) is 0. The molecule has 0 atom stereocenters. The molecule has 7 nitrogen and oxygen atoms in total. The first-order chi connectivity index (χ1) is 1.00. The van der Waals surface area contributed by atoms with E-state index in [1.165, 1.54) is 0 Å². The zero-order valence-electron chi connectivity index (χ0n) is 6.39. The van der Waals surface area contributed by atoms with Gasteiger partial charge in [0.25, 0.3) is 0 Å². The fourth-order valence-electron chi connectivity index (χ4n) is 0. The van der Waals surface area contributed by atoms with Gasteiger partial charge in [-0.15, -0.1) is 23.3 Å². The molecule has 10 heteroatoms. The van der Waals surface area contributed by atoms with Crippen LogP contribution in [-0.4, -0.2) is 38.3 Å². The zero-order valence-corrected chi connectivity index (χ0v) is 9.18. The number of thiol groups is 2. The van der Waals surface area contributed by atoms with E-state index >= 15 is 0 Å². The molecule has 0 saturated carbocycles. The van der Waals surface area contributed by atoms with Crippen molar-refractivity contribution in [3.8, 4) is 0 Å². The van der Waals surface area contributed by atoms with Gasteiger partial charge in [-0.1, -0.05) is 0 Å². The minimum Gasteiger partial charge on any atom is -1.00 e. The number of rotatable bonds is 0. The van der Waals surface area contributed by atoms with E-state index in [4.69, 9.17) is 0 Å². The van der Waals surface area contributed by atoms with Gasteiger partial charge in [-0.05, 0) is 0 Å². The van der Waals surface area contributed by atoms with Crippen molar-refractivity contribution < 1.29 is 69.3 Å². The predicted octanol–water partition coefficient (Wildman–Crippen LogP) is -7.90. The van der Waals surface area contributed by atoms with E-state index in [-0.39, 0.29) is 69.3 Å². The summed E-state index contributed by atoms with van der Waals surface area (Å²) in [4.78, 5) is 0. The average molecular weight is 216 g/mol. The molecule has 72 valence electrons. The topological polar surface area (TPSA) is 220 Å². The third-order valence-corrected chi connectivity index (χ3v) is 0. The Morgan fingerprint density at radius 3 is 0.500 bits per heavy atom. The van der Waals surface area contributed by atoms with Crippen LogP contribution in [0.15, 0.2) is 0 Å². The summed E-state index contributed by atoms with van der Waals surface area (Å²) in [6.45, 7) is 0. The molecule has 0 aromatic carbocycles. The van der Waals surface area contributed by atoms with Crippen molar-refractivity contribution in [2.24, 2.45) is 0 Å². The van der Waals surface area contributed by atoms with Gasteiger partial charge < -0.3 is 39.8 Å². The molecule has 0 aliphatic carbocycles. The van der Waals surface area contributed by atoms with Gasteiger partial charge in [0.15, 0.2) is 0 Å². The van der Waals surface area contributed by atoms with E-state index in [0.717, 1.165) is 0 Å². The second-order valence-electron chi connectivity index (χ2n) is 0. The van der Waals surface area contributed by atoms with Crippen LogP contribution in [0.2, 0.25) is 0 Å². The van der Waals surface area contributed by atoms with Gasteiger partial charge in [0.05, 0.1) is 0 Å². The van der Waals surface area contributed by atoms with Crippen LogP contribution in [-0.2, 0) is 0 Å². The smallest absolute Gasteiger partial charge is 1.00 e. The SMILES string of the molecule is O.O.O.O.O.O.O.SS.[H-].[Na+]. The van der Waals surface area contributed by atoms with Crippen molar-refractivity contribution in [2.45, 2.75) is 0 Å². The monoisotopic (exact) mass is 216 g/mol. The summed E-state index contributed by atoms with van der Waals surface area (Å²) in [5.74, 6) is 0. The quantitative estimate of drug-likeness (QED) is 0.219. The molecule has 0 unspecified atom stereocenters. The van der Waals surface area contributed by atoms with Crippen molar-refractivity contribution >= 4 is 23.3 Å². The van der Waals surface area contributed by atoms with Crippen LogP contribution in [0.25, 0.3) is 0 Å². The molecular weight excluding hydrogens is 199 g/mol. The molecule has 0 spiro atoms. The molecule has 10 heavy (non-hydrogen) atoms. The van der Waals surface area contributed by atoms with Crippen LogP contribution in [0.5, 0.6) is 0 Å². The Balaban J connectivity index is -0.000000000139. The molecule has 0 saturated heterocycles. The molecule has 0 heterocycles. The van der Waals surface area contributed by atoms with Crippen molar-refractivity contribution in [1.29, 1.82) is 0 Å². The third-order valence-electron chi connectivity index (χ3n) is 0. The average Bonchev–Trinajstić information content (AvgIpc) is 1.00. The Hall–Kier alpha value is 1.42. The normalized spacial score (nSPS) is 0.600. The largest absolute Gasteiger partial charge is 1.00 e. The summed E-state index contributed by atoms with van der Waals surface area (Å²) in [5, 5.41) is 0. The standard InChI is InChI=1S/Na.7H2O.H2S2.H/c;;;;;;;;1-2;/h;7*1H2;1-2H;/q+1;;;;;;;;;-1. The first-order valence-corrected chi connectivity index (χ1v) is 1.80. The number of hydrogen-bond acceptors (Lipinski definition) is 2. The Kier molecular flexibility index (Phi) is 9710. The summed E-state index contributed by atoms with van der Waals surface area (Å²) < 4.78 is 0. The summed E-state index contributed by atoms with van der Waals surface area (Å²) in [6, 6.07) is 0. The molecule has 0 radical (unpaired) electrons. The fourth-order valence-corrected chi connectivity index (χ4v) is 0. The van der Waals surface area contributed by atoms with Crippen LogP contribution in [0.1, 0.15) is 1.43 Å². The van der Waals surface area contributed by atoms with Crippen LogP contribution in [0.4, 0.5) is 0 Å². The van der Waals surface area contributed by atoms with Crippen molar-refractivity contribution in [3.05, 3.63) is 0 Å². The third kappa shape index (κ3) is 331. The van der Waals surface area contributed by atoms with Gasteiger partial charge >= 0.3 is 29.6 Å². The van der Waals surface area contributed by atoms with Gasteiger partial charge in [-0.2, -0.15) is 0 Å². The second kappa shape index (κ2) is 459. The van der Waals surface area contributed by atoms with E-state index in [1.807, 2.05) is 0 Å². The van der Waals surface area contributed by atoms with Crippen LogP contribution in [0.3, 0.4) is 0 Å². The van der Waals surface area contributed by atoms with E-state index in [1.54, 1.807) is 0 Å². The maximum absolute atomic E-state index is 3.22. The maximum Gasteiger partial charge on any atom is 1.00 e. The molecule has 0 aromatic rings. The molecule has 0 aliphatic heterocycles. The van der Waals surface area contributed by atoms with E-state index in [0.29, 0.717) is 0 Å². The Morgan fingerprint density at radius 1 is 0.500 bits per heavy atom. The zero-order chi connectivity index (χ0) is 2.00. The molecule has 0 aliphatic rings. The van der Waals surface area contributed by atoms with E-state index in [9.17, 15) is 0 Å². The molecule has 0 aromatic heterocycles. The molecular formula is H17NaO7S2. The van der Waals surface area contributed by atoms with Gasteiger partial charge in [0, 0.05) is 0 Å². The number of hydrogen-bond donors (Lipinski definition) is 2. The summed E-state index contributed by atoms with van der Waals surface area (Å²) >= 11 is 6.44. The maximum atomic E-state index is 3.22. The Bertz CT molecular complexity index is 16.4. The van der Waals surface area contributed by atoms with Gasteiger partial charge in [0.1, 0.15) is 0 Å². The summed E-state index contributed by atoms with van der Waals surface area (Å²) in [5.41, 5.74) is 0. The molecule has 0 amide bonds. The predicted molar refractivity (Wildman–Crippen MR) is 44.4 cm³/mol. The van der Waals surface area contributed by atoms with Crippen LogP contribution < -0.4 is 29.6 Å². The first kappa shape index (κ1) is 212. The molecule has 0 fully saturated rings. The van der Waals surface area contributed by atoms with Crippen molar-refractivity contribution in [2.75, 3.05) is 0 Å². The van der Waals surface area contributed by atoms with Crippen molar-refractivity contribution in [1.82, 2.24) is 0 Å². The van der Waals surface area contributed by atoms with Gasteiger partial charge in [-0.25, -0.2) is 0 Å². The van der Waals surface area contributed by atoms with Gasteiger partial charge in [0.2, 0.25) is 0 Å². The first-order valence-electron chi connectivity index (χ1n) is 0.200. The van der Waals surface area contributed by atoms with Crippen molar-refractivity contribution in [3.63, 3.8) is 0 Å². The van der Waals surface area contributed by atoms with E-state index in [2.05, 4.69) is 23.3 Å². The minimum atomic E-state index is 0. The summed E-state index contributed by atoms with van der Waals surface area (Å²) in [6.07, 6.45) is 0.